The van der Waals surface area contributed by atoms with Gasteiger partial charge < -0.3 is 20.0 Å². The fraction of sp³-hybridized carbons (Fsp3) is 0.500. The minimum Gasteiger partial charge on any atom is -0.508 e. The second kappa shape index (κ2) is 6.95. The monoisotopic (exact) mass is 342 g/mol. The van der Waals surface area contributed by atoms with E-state index in [9.17, 15) is 15.0 Å². The van der Waals surface area contributed by atoms with E-state index in [0.29, 0.717) is 18.7 Å². The Morgan fingerprint density at radius 2 is 1.80 bits per heavy atom. The molecule has 1 aliphatic rings. The highest BCUT2D eigenvalue weighted by molar-refractivity contribution is 9.09. The molecule has 0 aliphatic carbocycles. The number of hydrogen-bond acceptors (Lipinski definition) is 4. The first-order valence-corrected chi connectivity index (χ1v) is 7.83. The summed E-state index contributed by atoms with van der Waals surface area (Å²) < 4.78 is 0. The van der Waals surface area contributed by atoms with E-state index in [1.807, 2.05) is 0 Å². The number of benzene rings is 1. The Bertz CT molecular complexity index is 461. The first-order valence-electron chi connectivity index (χ1n) is 6.71. The summed E-state index contributed by atoms with van der Waals surface area (Å²) in [4.78, 5) is 16.5. The van der Waals surface area contributed by atoms with E-state index in [-0.39, 0.29) is 17.4 Å². The van der Waals surface area contributed by atoms with Crippen LogP contribution in [0.25, 0.3) is 0 Å². The largest absolute Gasteiger partial charge is 0.508 e. The van der Waals surface area contributed by atoms with Crippen LogP contribution in [0, 0.1) is 0 Å². The zero-order valence-corrected chi connectivity index (χ0v) is 12.8. The second-order valence-corrected chi connectivity index (χ2v) is 5.71. The third-order valence-electron chi connectivity index (χ3n) is 3.43. The van der Waals surface area contributed by atoms with Gasteiger partial charge in [-0.3, -0.25) is 4.79 Å². The smallest absolute Gasteiger partial charge is 0.254 e. The van der Waals surface area contributed by atoms with Crippen molar-refractivity contribution in [2.75, 3.05) is 38.1 Å². The molecule has 20 heavy (non-hydrogen) atoms. The van der Waals surface area contributed by atoms with Gasteiger partial charge in [-0.25, -0.2) is 0 Å². The van der Waals surface area contributed by atoms with Gasteiger partial charge in [0.1, 0.15) is 11.5 Å². The number of carbonyl (C=O) groups is 1. The van der Waals surface area contributed by atoms with Gasteiger partial charge in [0.2, 0.25) is 0 Å². The summed E-state index contributed by atoms with van der Waals surface area (Å²) in [5.41, 5.74) is 0.330. The van der Waals surface area contributed by atoms with Crippen molar-refractivity contribution in [2.45, 2.75) is 6.42 Å². The minimum atomic E-state index is -0.142. The van der Waals surface area contributed by atoms with Crippen LogP contribution in [0.2, 0.25) is 0 Å². The Morgan fingerprint density at radius 1 is 1.10 bits per heavy atom. The fourth-order valence-corrected chi connectivity index (χ4v) is 2.92. The lowest BCUT2D eigenvalue weighted by Gasteiger charge is -2.21. The first-order chi connectivity index (χ1) is 9.60. The van der Waals surface area contributed by atoms with Crippen molar-refractivity contribution >= 4 is 21.8 Å². The summed E-state index contributed by atoms with van der Waals surface area (Å²) in [6.07, 6.45) is 0.934. The van der Waals surface area contributed by atoms with Gasteiger partial charge in [-0.2, -0.15) is 0 Å². The van der Waals surface area contributed by atoms with Gasteiger partial charge in [-0.1, -0.05) is 15.9 Å². The van der Waals surface area contributed by atoms with Gasteiger partial charge in [-0.15, -0.1) is 0 Å². The molecule has 1 aliphatic heterocycles. The lowest BCUT2D eigenvalue weighted by molar-refractivity contribution is 0.0761. The number of hydrogen-bond donors (Lipinski definition) is 2. The van der Waals surface area contributed by atoms with E-state index in [0.717, 1.165) is 31.4 Å². The first kappa shape index (κ1) is 15.1. The van der Waals surface area contributed by atoms with E-state index < -0.39 is 0 Å². The molecule has 1 aromatic rings. The van der Waals surface area contributed by atoms with Crippen molar-refractivity contribution in [3.63, 3.8) is 0 Å². The van der Waals surface area contributed by atoms with Crippen LogP contribution in [0.3, 0.4) is 0 Å². The normalized spacial score (nSPS) is 16.9. The highest BCUT2D eigenvalue weighted by Crippen LogP contribution is 2.22. The van der Waals surface area contributed by atoms with Gasteiger partial charge in [-0.05, 0) is 25.1 Å². The number of rotatable bonds is 3. The van der Waals surface area contributed by atoms with Crippen molar-refractivity contribution in [1.29, 1.82) is 0 Å². The van der Waals surface area contributed by atoms with Crippen molar-refractivity contribution in [3.8, 4) is 11.5 Å². The molecule has 2 rings (SSSR count). The Balaban J connectivity index is 2.05. The zero-order valence-electron chi connectivity index (χ0n) is 11.3. The number of carbonyl (C=O) groups excluding carboxylic acids is 1. The summed E-state index contributed by atoms with van der Waals surface area (Å²) in [7, 11) is 0. The van der Waals surface area contributed by atoms with Crippen LogP contribution in [0.1, 0.15) is 16.8 Å². The van der Waals surface area contributed by atoms with E-state index in [1.165, 1.54) is 18.2 Å². The Hall–Kier alpha value is -1.27. The second-order valence-electron chi connectivity index (χ2n) is 4.91. The van der Waals surface area contributed by atoms with Crippen LogP contribution < -0.4 is 0 Å². The Morgan fingerprint density at radius 3 is 2.45 bits per heavy atom. The summed E-state index contributed by atoms with van der Waals surface area (Å²) in [5, 5.41) is 19.9. The predicted molar refractivity (Wildman–Crippen MR) is 80.5 cm³/mol. The SMILES string of the molecule is O=C(c1cc(O)cc(O)c1)N1CCCN(CCBr)CC1. The quantitative estimate of drug-likeness (QED) is 0.819. The molecular weight excluding hydrogens is 324 g/mol. The molecule has 0 bridgehead atoms. The van der Waals surface area contributed by atoms with Gasteiger partial charge in [0, 0.05) is 43.1 Å². The standard InChI is InChI=1S/C14H19BrN2O3/c15-2-5-16-3-1-4-17(7-6-16)14(20)11-8-12(18)10-13(19)9-11/h8-10,18-19H,1-7H2. The molecule has 0 atom stereocenters. The molecule has 0 radical (unpaired) electrons. The molecule has 1 amide bonds. The summed E-state index contributed by atoms with van der Waals surface area (Å²) >= 11 is 3.43. The molecule has 1 fully saturated rings. The van der Waals surface area contributed by atoms with E-state index in [1.54, 1.807) is 4.90 Å². The summed E-state index contributed by atoms with van der Waals surface area (Å²) in [5.74, 6) is -0.329. The lowest BCUT2D eigenvalue weighted by Crippen LogP contribution is -2.35. The average Bonchev–Trinajstić information content (AvgIpc) is 2.63. The number of alkyl halides is 1. The molecule has 110 valence electrons. The molecule has 6 heteroatoms. The maximum absolute atomic E-state index is 12.4. The van der Waals surface area contributed by atoms with Crippen LogP contribution in [-0.2, 0) is 0 Å². The third kappa shape index (κ3) is 3.86. The van der Waals surface area contributed by atoms with Gasteiger partial charge in [0.05, 0.1) is 0 Å². The maximum Gasteiger partial charge on any atom is 0.254 e. The fourth-order valence-electron chi connectivity index (χ4n) is 2.42. The highest BCUT2D eigenvalue weighted by Gasteiger charge is 2.20. The van der Waals surface area contributed by atoms with Crippen molar-refractivity contribution < 1.29 is 15.0 Å². The van der Waals surface area contributed by atoms with Crippen molar-refractivity contribution in [3.05, 3.63) is 23.8 Å². The number of phenolic OH excluding ortho intramolecular Hbond substituents is 2. The topological polar surface area (TPSA) is 64.0 Å². The molecule has 0 aromatic heterocycles. The Kier molecular flexibility index (Phi) is 5.25. The van der Waals surface area contributed by atoms with Gasteiger partial charge >= 0.3 is 0 Å². The summed E-state index contributed by atoms with van der Waals surface area (Å²) in [6.45, 7) is 4.19. The van der Waals surface area contributed by atoms with Crippen LogP contribution in [0.15, 0.2) is 18.2 Å². The van der Waals surface area contributed by atoms with Gasteiger partial charge in [0.25, 0.3) is 5.91 Å². The zero-order chi connectivity index (χ0) is 14.5. The van der Waals surface area contributed by atoms with Crippen LogP contribution >= 0.6 is 15.9 Å². The van der Waals surface area contributed by atoms with E-state index in [2.05, 4.69) is 20.8 Å². The number of nitrogens with zero attached hydrogens (tertiary/aromatic N) is 2. The molecule has 0 saturated carbocycles. The molecule has 1 saturated heterocycles. The van der Waals surface area contributed by atoms with E-state index >= 15 is 0 Å². The van der Waals surface area contributed by atoms with E-state index in [4.69, 9.17) is 0 Å². The predicted octanol–water partition coefficient (Wildman–Crippen LogP) is 1.64. The molecule has 1 aromatic carbocycles. The number of aromatic hydroxyl groups is 2. The average molecular weight is 343 g/mol. The van der Waals surface area contributed by atoms with Gasteiger partial charge in [0.15, 0.2) is 0 Å². The van der Waals surface area contributed by atoms with Crippen molar-refractivity contribution in [1.82, 2.24) is 9.80 Å². The number of amides is 1. The Labute approximate surface area is 126 Å². The molecule has 1 heterocycles. The maximum atomic E-state index is 12.4. The number of phenols is 2. The molecule has 0 unspecified atom stereocenters. The summed E-state index contributed by atoms with van der Waals surface area (Å²) in [6, 6.07) is 4.00. The molecule has 5 nitrogen and oxygen atoms in total. The highest BCUT2D eigenvalue weighted by atomic mass is 79.9. The molecule has 2 N–H and O–H groups in total. The van der Waals surface area contributed by atoms with Crippen LogP contribution in [0.4, 0.5) is 0 Å². The van der Waals surface area contributed by atoms with Crippen molar-refractivity contribution in [2.24, 2.45) is 0 Å². The third-order valence-corrected chi connectivity index (χ3v) is 3.78. The molecule has 0 spiro atoms. The molecular formula is C14H19BrN2O3. The minimum absolute atomic E-state index is 0.0934. The van der Waals surface area contributed by atoms with Crippen LogP contribution in [-0.4, -0.2) is 64.0 Å². The number of halogens is 1. The lowest BCUT2D eigenvalue weighted by atomic mass is 10.1. The van der Waals surface area contributed by atoms with Crippen LogP contribution in [0.5, 0.6) is 11.5 Å².